The van der Waals surface area contributed by atoms with E-state index in [2.05, 4.69) is 34.9 Å². The van der Waals surface area contributed by atoms with E-state index in [1.54, 1.807) is 6.07 Å². The molecule has 0 saturated carbocycles. The summed E-state index contributed by atoms with van der Waals surface area (Å²) in [6, 6.07) is 15.8. The van der Waals surface area contributed by atoms with Crippen molar-refractivity contribution >= 4 is 39.8 Å². The normalized spacial score (nSPS) is 19.2. The van der Waals surface area contributed by atoms with Crippen LogP contribution in [0.2, 0.25) is 0 Å². The van der Waals surface area contributed by atoms with E-state index in [0.717, 1.165) is 49.6 Å². The lowest BCUT2D eigenvalue weighted by atomic mass is 9.89. The second-order valence-electron chi connectivity index (χ2n) is 8.05. The van der Waals surface area contributed by atoms with Crippen LogP contribution < -0.4 is 10.6 Å². The van der Waals surface area contributed by atoms with Crippen molar-refractivity contribution in [1.82, 2.24) is 10.6 Å². The maximum Gasteiger partial charge on any atom is 0.191 e. The molecule has 2 aromatic carbocycles. The molecule has 0 bridgehead atoms. The number of benzene rings is 2. The van der Waals surface area contributed by atoms with Gasteiger partial charge < -0.3 is 15.4 Å². The van der Waals surface area contributed by atoms with Crippen molar-refractivity contribution in [2.75, 3.05) is 26.0 Å². The average molecular weight is 572 g/mol. The Morgan fingerprint density at radius 3 is 2.56 bits per heavy atom. The summed E-state index contributed by atoms with van der Waals surface area (Å²) in [6.45, 7) is 6.67. The fourth-order valence-electron chi connectivity index (χ4n) is 4.03. The predicted molar refractivity (Wildman–Crippen MR) is 140 cm³/mol. The first-order valence-corrected chi connectivity index (χ1v) is 12.8. The Hall–Kier alpha value is -1.65. The number of ether oxygens (including phenoxy) is 1. The molecule has 32 heavy (non-hydrogen) atoms. The third kappa shape index (κ3) is 7.45. The maximum absolute atomic E-state index is 11.8. The molecule has 3 rings (SSSR count). The zero-order valence-electron chi connectivity index (χ0n) is 19.0. The van der Waals surface area contributed by atoms with Crippen LogP contribution in [0, 0.1) is 12.8 Å². The Morgan fingerprint density at radius 1 is 1.16 bits per heavy atom. The zero-order chi connectivity index (χ0) is 22.3. The Bertz CT molecular complexity index is 997. The molecule has 0 spiro atoms. The van der Waals surface area contributed by atoms with Crippen LogP contribution in [-0.4, -0.2) is 40.3 Å². The van der Waals surface area contributed by atoms with E-state index in [4.69, 9.17) is 9.73 Å². The van der Waals surface area contributed by atoms with Crippen molar-refractivity contribution in [1.29, 1.82) is 0 Å². The third-order valence-corrected chi connectivity index (χ3v) is 6.76. The minimum atomic E-state index is -3.21. The lowest BCUT2D eigenvalue weighted by Gasteiger charge is -2.32. The Kier molecular flexibility index (Phi) is 10.4. The lowest BCUT2D eigenvalue weighted by Crippen LogP contribution is -2.42. The van der Waals surface area contributed by atoms with E-state index < -0.39 is 9.84 Å². The van der Waals surface area contributed by atoms with Gasteiger partial charge in [0.2, 0.25) is 0 Å². The van der Waals surface area contributed by atoms with Crippen molar-refractivity contribution in [3.63, 3.8) is 0 Å². The van der Waals surface area contributed by atoms with Gasteiger partial charge >= 0.3 is 0 Å². The summed E-state index contributed by atoms with van der Waals surface area (Å²) < 4.78 is 29.7. The number of hydrogen-bond acceptors (Lipinski definition) is 4. The van der Waals surface area contributed by atoms with Gasteiger partial charge in [-0.2, -0.15) is 0 Å². The molecular weight excluding hydrogens is 537 g/mol. The molecule has 0 radical (unpaired) electrons. The summed E-state index contributed by atoms with van der Waals surface area (Å²) in [4.78, 5) is 5.07. The van der Waals surface area contributed by atoms with Crippen molar-refractivity contribution in [3.05, 3.63) is 65.2 Å². The van der Waals surface area contributed by atoms with Crippen LogP contribution in [0.1, 0.15) is 42.6 Å². The first-order valence-electron chi connectivity index (χ1n) is 10.9. The smallest absolute Gasteiger partial charge is 0.191 e. The first kappa shape index (κ1) is 26.6. The average Bonchev–Trinajstić information content (AvgIpc) is 2.75. The van der Waals surface area contributed by atoms with E-state index in [1.165, 1.54) is 11.8 Å². The van der Waals surface area contributed by atoms with Crippen LogP contribution in [0.15, 0.2) is 58.4 Å². The molecule has 2 atom stereocenters. The highest BCUT2D eigenvalue weighted by molar-refractivity contribution is 14.0. The Labute approximate surface area is 209 Å². The Morgan fingerprint density at radius 2 is 1.91 bits per heavy atom. The molecule has 2 aromatic rings. The summed E-state index contributed by atoms with van der Waals surface area (Å²) in [5.41, 5.74) is 2.95. The monoisotopic (exact) mass is 571 g/mol. The number of hydrogen-bond donors (Lipinski definition) is 2. The number of aryl methyl sites for hydroxylation is 1. The fourth-order valence-corrected chi connectivity index (χ4v) is 4.99. The van der Waals surface area contributed by atoms with Crippen LogP contribution in [0.3, 0.4) is 0 Å². The molecule has 176 valence electrons. The van der Waals surface area contributed by atoms with Gasteiger partial charge in [-0.3, -0.25) is 0 Å². The molecule has 1 aliphatic heterocycles. The molecule has 2 unspecified atom stereocenters. The third-order valence-electron chi connectivity index (χ3n) is 5.51. The quantitative estimate of drug-likeness (QED) is 0.296. The number of nitrogens with zero attached hydrogens (tertiary/aromatic N) is 1. The van der Waals surface area contributed by atoms with Crippen LogP contribution in [0.5, 0.6) is 0 Å². The molecule has 1 heterocycles. The number of nitrogens with one attached hydrogen (secondary N) is 2. The number of rotatable bonds is 7. The van der Waals surface area contributed by atoms with Crippen molar-refractivity contribution in [2.45, 2.75) is 44.2 Å². The first-order chi connectivity index (χ1) is 14.9. The van der Waals surface area contributed by atoms with Crippen molar-refractivity contribution in [2.24, 2.45) is 10.9 Å². The summed E-state index contributed by atoms with van der Waals surface area (Å²) in [5.74, 6) is 1.13. The topological polar surface area (TPSA) is 79.8 Å². The molecule has 8 heteroatoms. The van der Waals surface area contributed by atoms with Crippen molar-refractivity contribution < 1.29 is 13.2 Å². The van der Waals surface area contributed by atoms with Crippen LogP contribution in [-0.2, 0) is 21.1 Å². The highest BCUT2D eigenvalue weighted by Crippen LogP contribution is 2.33. The van der Waals surface area contributed by atoms with E-state index in [-0.39, 0.29) is 30.1 Å². The highest BCUT2D eigenvalue weighted by atomic mass is 127. The lowest BCUT2D eigenvalue weighted by molar-refractivity contribution is -0.0265. The molecular formula is C24H34IN3O3S. The second kappa shape index (κ2) is 12.6. The largest absolute Gasteiger partial charge is 0.373 e. The van der Waals surface area contributed by atoms with E-state index in [1.807, 2.05) is 32.0 Å². The van der Waals surface area contributed by atoms with E-state index >= 15 is 0 Å². The summed E-state index contributed by atoms with van der Waals surface area (Å²) in [5, 5.41) is 6.77. The fraction of sp³-hybridized carbons (Fsp3) is 0.458. The van der Waals surface area contributed by atoms with E-state index in [0.29, 0.717) is 17.4 Å². The summed E-state index contributed by atoms with van der Waals surface area (Å²) >= 11 is 0. The molecule has 1 saturated heterocycles. The van der Waals surface area contributed by atoms with Gasteiger partial charge in [-0.1, -0.05) is 42.5 Å². The molecule has 1 aliphatic rings. The standard InChI is InChI=1S/C24H33N3O3S.HI/c1-4-25-24(26-16-19-12-13-22(18(2)15-19)31(3,28)29)27-17-21-11-8-14-30-23(21)20-9-6-5-7-10-20;/h5-7,9-10,12-13,15,21,23H,4,8,11,14,16-17H2,1-3H3,(H2,25,26,27);1H. The second-order valence-corrected chi connectivity index (χ2v) is 10.0. The predicted octanol–water partition coefficient (Wildman–Crippen LogP) is 4.24. The molecule has 0 aromatic heterocycles. The van der Waals surface area contributed by atoms with E-state index in [9.17, 15) is 8.42 Å². The zero-order valence-corrected chi connectivity index (χ0v) is 22.2. The van der Waals surface area contributed by atoms with Crippen LogP contribution in [0.4, 0.5) is 0 Å². The Balaban J connectivity index is 0.00000363. The number of halogens is 1. The minimum absolute atomic E-state index is 0. The summed E-state index contributed by atoms with van der Waals surface area (Å²) in [6.07, 6.45) is 3.50. The van der Waals surface area contributed by atoms with Gasteiger partial charge in [0.15, 0.2) is 15.8 Å². The van der Waals surface area contributed by atoms with Gasteiger partial charge in [-0.25, -0.2) is 13.4 Å². The molecule has 2 N–H and O–H groups in total. The molecule has 1 fully saturated rings. The number of guanidine groups is 1. The SMILES string of the molecule is CCNC(=NCc1ccc(S(C)(=O)=O)c(C)c1)NCC1CCCOC1c1ccccc1.I. The molecule has 0 aliphatic carbocycles. The van der Waals surface area contributed by atoms with Gasteiger partial charge in [-0.05, 0) is 49.4 Å². The van der Waals surface area contributed by atoms with Crippen molar-refractivity contribution in [3.8, 4) is 0 Å². The minimum Gasteiger partial charge on any atom is -0.373 e. The molecule has 0 amide bonds. The maximum atomic E-state index is 11.8. The molecule has 6 nitrogen and oxygen atoms in total. The van der Waals surface area contributed by atoms with Gasteiger partial charge in [0, 0.05) is 31.9 Å². The number of aliphatic imine (C=N–C) groups is 1. The summed E-state index contributed by atoms with van der Waals surface area (Å²) in [7, 11) is -3.21. The van der Waals surface area contributed by atoms with Gasteiger partial charge in [0.1, 0.15) is 0 Å². The van der Waals surface area contributed by atoms with Gasteiger partial charge in [0.05, 0.1) is 17.5 Å². The number of sulfone groups is 1. The van der Waals surface area contributed by atoms with Gasteiger partial charge in [0.25, 0.3) is 0 Å². The highest BCUT2D eigenvalue weighted by Gasteiger charge is 2.27. The van der Waals surface area contributed by atoms with Crippen LogP contribution in [0.25, 0.3) is 0 Å². The van der Waals surface area contributed by atoms with Gasteiger partial charge in [-0.15, -0.1) is 24.0 Å². The van der Waals surface area contributed by atoms with Crippen LogP contribution >= 0.6 is 24.0 Å².